The van der Waals surface area contributed by atoms with Crippen LogP contribution in [0.5, 0.6) is 0 Å². The van der Waals surface area contributed by atoms with Crippen LogP contribution in [-0.4, -0.2) is 76.5 Å². The number of hydrogen-bond acceptors (Lipinski definition) is 6. The van der Waals surface area contributed by atoms with Crippen molar-refractivity contribution in [3.05, 3.63) is 30.1 Å². The van der Waals surface area contributed by atoms with E-state index in [9.17, 15) is 9.59 Å². The van der Waals surface area contributed by atoms with Crippen LogP contribution in [0.3, 0.4) is 0 Å². The maximum Gasteiger partial charge on any atom is 0.413 e. The minimum atomic E-state index is -0.629. The van der Waals surface area contributed by atoms with Crippen molar-refractivity contribution in [1.82, 2.24) is 20.2 Å². The van der Waals surface area contributed by atoms with Crippen molar-refractivity contribution in [3.8, 4) is 0 Å². The van der Waals surface area contributed by atoms with Gasteiger partial charge in [-0.2, -0.15) is 5.43 Å². The Labute approximate surface area is 132 Å². The van der Waals surface area contributed by atoms with Gasteiger partial charge in [-0.25, -0.2) is 9.37 Å². The largest absolute Gasteiger partial charge is 0.413 e. The van der Waals surface area contributed by atoms with Gasteiger partial charge in [-0.3, -0.25) is 19.6 Å². The number of amides is 3. The molecule has 0 saturated carbocycles. The Bertz CT molecular complexity index is 754. The number of hydrazone groups is 1. The van der Waals surface area contributed by atoms with E-state index in [0.29, 0.717) is 17.5 Å². The van der Waals surface area contributed by atoms with Gasteiger partial charge in [0.05, 0.1) is 19.0 Å². The maximum absolute atomic E-state index is 12.3. The Morgan fingerprint density at radius 1 is 1.30 bits per heavy atom. The van der Waals surface area contributed by atoms with E-state index in [1.165, 1.54) is 11.9 Å². The molecule has 1 N–H and O–H groups in total. The van der Waals surface area contributed by atoms with Crippen LogP contribution in [0.4, 0.5) is 4.79 Å². The van der Waals surface area contributed by atoms with Crippen molar-refractivity contribution in [2.75, 3.05) is 21.1 Å². The predicted molar refractivity (Wildman–Crippen MR) is 83.3 cm³/mol. The number of carbonyl (C=O) groups is 2. The number of guanidine groups is 1. The van der Waals surface area contributed by atoms with Gasteiger partial charge < -0.3 is 0 Å². The summed E-state index contributed by atoms with van der Waals surface area (Å²) in [4.78, 5) is 35.1. The van der Waals surface area contributed by atoms with Crippen molar-refractivity contribution in [2.24, 2.45) is 10.1 Å². The molecular formula is C14H16N7O2+. The molecule has 1 saturated heterocycles. The Hall–Kier alpha value is -3.10. The molecule has 1 atom stereocenters. The van der Waals surface area contributed by atoms with Gasteiger partial charge in [-0.05, 0) is 12.1 Å². The van der Waals surface area contributed by atoms with Crippen molar-refractivity contribution in [2.45, 2.75) is 6.04 Å². The van der Waals surface area contributed by atoms with Crippen LogP contribution in [0.1, 0.15) is 5.69 Å². The topological polar surface area (TPSA) is 93.3 Å². The summed E-state index contributed by atoms with van der Waals surface area (Å²) in [5, 5.41) is 4.07. The number of hydrogen-bond donors (Lipinski definition) is 1. The quantitative estimate of drug-likeness (QED) is 0.444. The molecule has 1 fully saturated rings. The first-order chi connectivity index (χ1) is 11.0. The fraction of sp³-hybridized carbons (Fsp3) is 0.286. The lowest BCUT2D eigenvalue weighted by molar-refractivity contribution is -0.507. The van der Waals surface area contributed by atoms with E-state index < -0.39 is 12.1 Å². The average molecular weight is 314 g/mol. The van der Waals surface area contributed by atoms with E-state index in [2.05, 4.69) is 20.5 Å². The number of pyridine rings is 1. The maximum atomic E-state index is 12.3. The summed E-state index contributed by atoms with van der Waals surface area (Å²) in [6.45, 7) is 0. The highest BCUT2D eigenvalue weighted by Crippen LogP contribution is 2.16. The molecule has 0 aromatic carbocycles. The molecular weight excluding hydrogens is 298 g/mol. The van der Waals surface area contributed by atoms with Crippen LogP contribution in [0.25, 0.3) is 0 Å². The Kier molecular flexibility index (Phi) is 3.61. The second kappa shape index (κ2) is 5.59. The first kappa shape index (κ1) is 14.8. The fourth-order valence-corrected chi connectivity index (χ4v) is 2.39. The molecule has 118 valence electrons. The van der Waals surface area contributed by atoms with E-state index in [0.717, 1.165) is 4.90 Å². The number of carbonyl (C=O) groups excluding carboxylic acids is 2. The minimum Gasteiger partial charge on any atom is -0.270 e. The molecule has 3 amide bonds. The minimum absolute atomic E-state index is 0.320. The van der Waals surface area contributed by atoms with E-state index in [4.69, 9.17) is 0 Å². The molecule has 9 heteroatoms. The van der Waals surface area contributed by atoms with Gasteiger partial charge in [0.25, 0.3) is 5.91 Å². The number of fused-ring (bicyclic) bond motifs is 1. The lowest BCUT2D eigenvalue weighted by Crippen LogP contribution is -2.61. The van der Waals surface area contributed by atoms with Crippen molar-refractivity contribution >= 4 is 29.9 Å². The zero-order valence-electron chi connectivity index (χ0n) is 13.0. The molecule has 2 aliphatic rings. The van der Waals surface area contributed by atoms with E-state index in [-0.39, 0.29) is 5.91 Å². The van der Waals surface area contributed by atoms with Gasteiger partial charge in [0.1, 0.15) is 0 Å². The molecule has 1 unspecified atom stereocenters. The molecule has 2 aliphatic heterocycles. The summed E-state index contributed by atoms with van der Waals surface area (Å²) in [6, 6.07) is 4.44. The van der Waals surface area contributed by atoms with Gasteiger partial charge >= 0.3 is 12.0 Å². The normalized spacial score (nSPS) is 21.2. The number of aliphatic imine (C=N–C) groups is 1. The van der Waals surface area contributed by atoms with Crippen LogP contribution in [0.15, 0.2) is 34.5 Å². The van der Waals surface area contributed by atoms with E-state index in [1.807, 2.05) is 18.2 Å². The highest BCUT2D eigenvalue weighted by Gasteiger charge is 2.50. The number of nitrogens with one attached hydrogen (secondary N) is 1. The third-order valence-electron chi connectivity index (χ3n) is 3.72. The van der Waals surface area contributed by atoms with Crippen LogP contribution in [-0.2, 0) is 4.79 Å². The molecule has 0 aliphatic carbocycles. The summed E-state index contributed by atoms with van der Waals surface area (Å²) in [6.07, 6.45) is 3.21. The molecule has 3 rings (SSSR count). The van der Waals surface area contributed by atoms with E-state index >= 15 is 0 Å². The number of amidine groups is 1. The molecule has 3 heterocycles. The fourth-order valence-electron chi connectivity index (χ4n) is 2.39. The molecule has 1 aromatic heterocycles. The average Bonchev–Trinajstić information content (AvgIpc) is 2.89. The smallest absolute Gasteiger partial charge is 0.270 e. The van der Waals surface area contributed by atoms with Crippen LogP contribution in [0, 0.1) is 0 Å². The highest BCUT2D eigenvalue weighted by atomic mass is 16.2. The lowest BCUT2D eigenvalue weighted by atomic mass is 10.2. The number of imide groups is 1. The molecule has 1 aromatic rings. The number of rotatable bonds is 2. The number of aromatic nitrogens is 1. The van der Waals surface area contributed by atoms with Gasteiger partial charge in [-0.1, -0.05) is 11.1 Å². The number of nitrogens with zero attached hydrogens (tertiary/aromatic N) is 6. The predicted octanol–water partition coefficient (Wildman–Crippen LogP) is -0.692. The highest BCUT2D eigenvalue weighted by molar-refractivity contribution is 6.22. The molecule has 0 radical (unpaired) electrons. The second-order valence-corrected chi connectivity index (χ2v) is 5.17. The zero-order chi connectivity index (χ0) is 16.6. The Morgan fingerprint density at radius 3 is 2.78 bits per heavy atom. The molecule has 0 bridgehead atoms. The second-order valence-electron chi connectivity index (χ2n) is 5.17. The molecule has 23 heavy (non-hydrogen) atoms. The van der Waals surface area contributed by atoms with Gasteiger partial charge in [-0.15, -0.1) is 5.10 Å². The van der Waals surface area contributed by atoms with Gasteiger partial charge in [0, 0.05) is 20.3 Å². The SMILES string of the molecule is CN1C(=O)C2C(=NC(N/N=C\c3ccccn3)=[N+]2C)N(C)C1=O. The standard InChI is InChI=1S/C14H15N7O2/c1-19-10-11(20(2)14(23)21(3)12(10)22)17-13(19)18-16-8-9-6-4-5-7-15-9/h4-8,10H,1-3H3/p+1/b16-8-. The summed E-state index contributed by atoms with van der Waals surface area (Å²) in [5.74, 6) is 0.455. The van der Waals surface area contributed by atoms with Crippen LogP contribution < -0.4 is 5.43 Å². The molecule has 0 spiro atoms. The van der Waals surface area contributed by atoms with Crippen LogP contribution in [0.2, 0.25) is 0 Å². The summed E-state index contributed by atoms with van der Waals surface area (Å²) < 4.78 is 1.65. The lowest BCUT2D eigenvalue weighted by Gasteiger charge is -2.31. The first-order valence-corrected chi connectivity index (χ1v) is 6.94. The number of likely N-dealkylation sites (N-methyl/N-ethyl adjacent to an activating group) is 3. The monoisotopic (exact) mass is 314 g/mol. The first-order valence-electron chi connectivity index (χ1n) is 6.94. The van der Waals surface area contributed by atoms with Crippen LogP contribution >= 0.6 is 0 Å². The number of urea groups is 1. The summed E-state index contributed by atoms with van der Waals surface area (Å²) >= 11 is 0. The van der Waals surface area contributed by atoms with Crippen molar-refractivity contribution in [1.29, 1.82) is 0 Å². The molecule has 9 nitrogen and oxygen atoms in total. The van der Waals surface area contributed by atoms with Gasteiger partial charge in [0.2, 0.25) is 11.9 Å². The Morgan fingerprint density at radius 2 is 2.09 bits per heavy atom. The van der Waals surface area contributed by atoms with E-state index in [1.54, 1.807) is 31.1 Å². The van der Waals surface area contributed by atoms with Crippen molar-refractivity contribution in [3.63, 3.8) is 0 Å². The summed E-state index contributed by atoms with van der Waals surface area (Å²) in [5.41, 5.74) is 3.47. The summed E-state index contributed by atoms with van der Waals surface area (Å²) in [7, 11) is 4.76. The third-order valence-corrected chi connectivity index (χ3v) is 3.72. The zero-order valence-corrected chi connectivity index (χ0v) is 13.0. The Balaban J connectivity index is 1.82. The third kappa shape index (κ3) is 2.45. The van der Waals surface area contributed by atoms with Crippen molar-refractivity contribution < 1.29 is 14.2 Å². The van der Waals surface area contributed by atoms with Gasteiger partial charge in [0.15, 0.2) is 0 Å².